The molecule has 110 valence electrons. The van der Waals surface area contributed by atoms with Crippen LogP contribution in [0, 0.1) is 5.41 Å². The highest BCUT2D eigenvalue weighted by atomic mass is 32.2. The highest BCUT2D eigenvalue weighted by Gasteiger charge is 2.29. The Bertz CT molecular complexity index is 335. The lowest BCUT2D eigenvalue weighted by Gasteiger charge is -2.37. The molecule has 0 aromatic carbocycles. The van der Waals surface area contributed by atoms with Gasteiger partial charge in [-0.1, -0.05) is 32.5 Å². The van der Waals surface area contributed by atoms with Gasteiger partial charge in [-0.2, -0.15) is 0 Å². The van der Waals surface area contributed by atoms with Crippen molar-refractivity contribution in [2.75, 3.05) is 19.3 Å². The summed E-state index contributed by atoms with van der Waals surface area (Å²) in [6, 6.07) is 1.76. The maximum Gasteiger partial charge on any atom is 0.157 e. The first-order valence-corrected chi connectivity index (χ1v) is 8.52. The molecule has 0 spiro atoms. The zero-order valence-electron chi connectivity index (χ0n) is 13.1. The second kappa shape index (κ2) is 6.04. The van der Waals surface area contributed by atoms with Crippen molar-refractivity contribution >= 4 is 16.9 Å². The Morgan fingerprint density at radius 3 is 2.68 bits per heavy atom. The van der Waals surface area contributed by atoms with Gasteiger partial charge in [-0.25, -0.2) is 0 Å². The lowest BCUT2D eigenvalue weighted by atomic mass is 9.85. The number of amidine groups is 1. The van der Waals surface area contributed by atoms with E-state index in [2.05, 4.69) is 45.0 Å². The second-order valence-electron chi connectivity index (χ2n) is 7.15. The molecule has 1 N–H and O–H groups in total. The maximum atomic E-state index is 4.95. The van der Waals surface area contributed by atoms with Gasteiger partial charge in [0.1, 0.15) is 0 Å². The minimum Gasteiger partial charge on any atom is -0.362 e. The highest BCUT2D eigenvalue weighted by Crippen LogP contribution is 2.30. The van der Waals surface area contributed by atoms with Crippen LogP contribution in [0.4, 0.5) is 0 Å². The van der Waals surface area contributed by atoms with E-state index in [0.29, 0.717) is 18.1 Å². The van der Waals surface area contributed by atoms with E-state index in [0.717, 1.165) is 0 Å². The first-order valence-electron chi connectivity index (χ1n) is 7.53. The van der Waals surface area contributed by atoms with E-state index in [4.69, 9.17) is 4.99 Å². The molecule has 2 heterocycles. The van der Waals surface area contributed by atoms with Gasteiger partial charge in [-0.05, 0) is 38.6 Å². The molecule has 2 aliphatic heterocycles. The van der Waals surface area contributed by atoms with Gasteiger partial charge >= 0.3 is 0 Å². The standard InChI is InChI=1S/C15H29N3S/c1-11-10-12(6-8-18(11)5)16-14-17-13(7-9-19-14)15(2,3)4/h11-13H,6-10H2,1-5H3,(H,16,17). The molecular formula is C15H29N3S. The SMILES string of the molecule is CC1CC(NC2=NC(C(C)(C)C)CCS2)CCN1C. The van der Waals surface area contributed by atoms with Crippen LogP contribution in [0.15, 0.2) is 4.99 Å². The average Bonchev–Trinajstić information content (AvgIpc) is 2.33. The molecule has 0 radical (unpaired) electrons. The van der Waals surface area contributed by atoms with Crippen molar-refractivity contribution in [2.24, 2.45) is 10.4 Å². The Balaban J connectivity index is 1.93. The molecule has 0 aliphatic carbocycles. The van der Waals surface area contributed by atoms with E-state index in [-0.39, 0.29) is 5.41 Å². The Kier molecular flexibility index (Phi) is 4.83. The molecule has 1 saturated heterocycles. The van der Waals surface area contributed by atoms with Crippen molar-refractivity contribution in [3.05, 3.63) is 0 Å². The van der Waals surface area contributed by atoms with Crippen molar-refractivity contribution in [2.45, 2.75) is 65.1 Å². The number of rotatable bonds is 1. The molecule has 19 heavy (non-hydrogen) atoms. The van der Waals surface area contributed by atoms with Gasteiger partial charge in [0.05, 0.1) is 6.04 Å². The summed E-state index contributed by atoms with van der Waals surface area (Å²) in [5, 5.41) is 4.89. The summed E-state index contributed by atoms with van der Waals surface area (Å²) in [7, 11) is 2.23. The highest BCUT2D eigenvalue weighted by molar-refractivity contribution is 8.13. The molecule has 2 rings (SSSR count). The summed E-state index contributed by atoms with van der Waals surface area (Å²) >= 11 is 1.90. The van der Waals surface area contributed by atoms with Crippen molar-refractivity contribution in [1.29, 1.82) is 0 Å². The van der Waals surface area contributed by atoms with Crippen LogP contribution in [0.1, 0.15) is 47.0 Å². The number of aliphatic imine (C=N–C) groups is 1. The first-order chi connectivity index (χ1) is 8.86. The lowest BCUT2D eigenvalue weighted by Crippen LogP contribution is -2.47. The lowest BCUT2D eigenvalue weighted by molar-refractivity contribution is 0.177. The third-order valence-corrected chi connectivity index (χ3v) is 5.38. The molecule has 3 atom stereocenters. The largest absolute Gasteiger partial charge is 0.362 e. The smallest absolute Gasteiger partial charge is 0.157 e. The van der Waals surface area contributed by atoms with Crippen LogP contribution in [-0.4, -0.2) is 47.5 Å². The predicted octanol–water partition coefficient (Wildman–Crippen LogP) is 2.97. The van der Waals surface area contributed by atoms with Gasteiger partial charge in [0.15, 0.2) is 5.17 Å². The van der Waals surface area contributed by atoms with Gasteiger partial charge in [0, 0.05) is 24.4 Å². The molecule has 3 nitrogen and oxygen atoms in total. The zero-order valence-corrected chi connectivity index (χ0v) is 13.9. The fourth-order valence-corrected chi connectivity index (χ4v) is 3.80. The summed E-state index contributed by atoms with van der Waals surface area (Å²) in [4.78, 5) is 7.40. The van der Waals surface area contributed by atoms with E-state index in [1.165, 1.54) is 36.7 Å². The van der Waals surface area contributed by atoms with Crippen LogP contribution < -0.4 is 5.32 Å². The average molecular weight is 283 g/mol. The van der Waals surface area contributed by atoms with E-state index in [9.17, 15) is 0 Å². The van der Waals surface area contributed by atoms with Crippen LogP contribution >= 0.6 is 11.8 Å². The topological polar surface area (TPSA) is 27.6 Å². The van der Waals surface area contributed by atoms with E-state index < -0.39 is 0 Å². The molecule has 0 amide bonds. The Hall–Kier alpha value is -0.220. The van der Waals surface area contributed by atoms with E-state index in [1.54, 1.807) is 0 Å². The molecule has 0 bridgehead atoms. The van der Waals surface area contributed by atoms with Crippen molar-refractivity contribution in [3.63, 3.8) is 0 Å². The van der Waals surface area contributed by atoms with E-state index >= 15 is 0 Å². The minimum atomic E-state index is 0.286. The molecule has 0 aromatic rings. The fraction of sp³-hybridized carbons (Fsp3) is 0.933. The Labute approximate surface area is 122 Å². The Morgan fingerprint density at radius 1 is 1.32 bits per heavy atom. The summed E-state index contributed by atoms with van der Waals surface area (Å²) in [6.45, 7) is 10.4. The molecular weight excluding hydrogens is 254 g/mol. The predicted molar refractivity (Wildman–Crippen MR) is 86.0 cm³/mol. The molecule has 0 saturated carbocycles. The number of piperidine rings is 1. The fourth-order valence-electron chi connectivity index (χ4n) is 2.81. The van der Waals surface area contributed by atoms with Crippen molar-refractivity contribution < 1.29 is 0 Å². The van der Waals surface area contributed by atoms with Crippen LogP contribution in [-0.2, 0) is 0 Å². The zero-order chi connectivity index (χ0) is 14.0. The maximum absolute atomic E-state index is 4.95. The van der Waals surface area contributed by atoms with Crippen LogP contribution in [0.2, 0.25) is 0 Å². The van der Waals surface area contributed by atoms with E-state index in [1.807, 2.05) is 11.8 Å². The number of nitrogens with one attached hydrogen (secondary N) is 1. The molecule has 4 heteroatoms. The summed E-state index contributed by atoms with van der Waals surface area (Å²) < 4.78 is 0. The number of nitrogens with zero attached hydrogens (tertiary/aromatic N) is 2. The monoisotopic (exact) mass is 283 g/mol. The third-order valence-electron chi connectivity index (χ3n) is 4.44. The first kappa shape index (κ1) is 15.2. The van der Waals surface area contributed by atoms with Crippen LogP contribution in [0.5, 0.6) is 0 Å². The van der Waals surface area contributed by atoms with Gasteiger partial charge in [-0.15, -0.1) is 0 Å². The summed E-state index contributed by atoms with van der Waals surface area (Å²) in [5.41, 5.74) is 0.286. The normalized spacial score (nSPS) is 33.9. The number of hydrogen-bond donors (Lipinski definition) is 1. The minimum absolute atomic E-state index is 0.286. The third kappa shape index (κ3) is 4.12. The van der Waals surface area contributed by atoms with Crippen LogP contribution in [0.3, 0.4) is 0 Å². The molecule has 3 unspecified atom stereocenters. The number of thioether (sulfide) groups is 1. The van der Waals surface area contributed by atoms with Gasteiger partial charge in [0.2, 0.25) is 0 Å². The Morgan fingerprint density at radius 2 is 2.05 bits per heavy atom. The van der Waals surface area contributed by atoms with Gasteiger partial charge in [-0.3, -0.25) is 4.99 Å². The van der Waals surface area contributed by atoms with Crippen molar-refractivity contribution in [1.82, 2.24) is 10.2 Å². The summed E-state index contributed by atoms with van der Waals surface area (Å²) in [5.74, 6) is 1.20. The summed E-state index contributed by atoms with van der Waals surface area (Å²) in [6.07, 6.45) is 3.68. The molecule has 0 aromatic heterocycles. The molecule has 2 aliphatic rings. The van der Waals surface area contributed by atoms with Gasteiger partial charge < -0.3 is 10.2 Å². The van der Waals surface area contributed by atoms with Gasteiger partial charge in [0.25, 0.3) is 0 Å². The quantitative estimate of drug-likeness (QED) is 0.802. The van der Waals surface area contributed by atoms with Crippen LogP contribution in [0.25, 0.3) is 0 Å². The molecule has 1 fully saturated rings. The second-order valence-corrected chi connectivity index (χ2v) is 8.23. The number of likely N-dealkylation sites (tertiary alicyclic amines) is 1. The number of hydrogen-bond acceptors (Lipinski definition) is 4. The van der Waals surface area contributed by atoms with Crippen molar-refractivity contribution in [3.8, 4) is 0 Å².